The van der Waals surface area contributed by atoms with Gasteiger partial charge in [0.05, 0.1) is 11.0 Å². The maximum absolute atomic E-state index is 11.0. The summed E-state index contributed by atoms with van der Waals surface area (Å²) in [6.45, 7) is 4.17. The van der Waals surface area contributed by atoms with Gasteiger partial charge < -0.3 is 0 Å². The first-order valence-electron chi connectivity index (χ1n) is 5.98. The zero-order chi connectivity index (χ0) is 14.0. The highest BCUT2D eigenvalue weighted by Gasteiger charge is 2.20. The minimum atomic E-state index is -0.453. The molecule has 0 aliphatic rings. The molecule has 0 amide bonds. The van der Waals surface area contributed by atoms with Gasteiger partial charge in [-0.1, -0.05) is 38.1 Å². The van der Waals surface area contributed by atoms with E-state index < -0.39 is 4.92 Å². The Labute approximate surface area is 110 Å². The summed E-state index contributed by atoms with van der Waals surface area (Å²) in [5.74, 6) is 0.405. The summed E-state index contributed by atoms with van der Waals surface area (Å²) < 4.78 is 0.818. The number of nitrogens with zero attached hydrogens (tertiary/aromatic N) is 2. The number of pyridine rings is 1. The van der Waals surface area contributed by atoms with Crippen LogP contribution in [-0.4, -0.2) is 10.1 Å². The van der Waals surface area contributed by atoms with Crippen molar-refractivity contribution in [2.45, 2.75) is 19.8 Å². The molecule has 0 unspecified atom stereocenters. The number of benzene rings is 1. The molecule has 0 atom stereocenters. The lowest BCUT2D eigenvalue weighted by molar-refractivity contribution is -0.904. The zero-order valence-corrected chi connectivity index (χ0v) is 10.8. The third-order valence-electron chi connectivity index (χ3n) is 3.01. The van der Waals surface area contributed by atoms with E-state index in [2.05, 4.69) is 13.8 Å². The van der Waals surface area contributed by atoms with E-state index in [4.69, 9.17) is 0 Å². The van der Waals surface area contributed by atoms with Crippen LogP contribution in [-0.2, 0) is 0 Å². The van der Waals surface area contributed by atoms with E-state index in [1.807, 2.05) is 24.3 Å². The lowest BCUT2D eigenvalue weighted by Crippen LogP contribution is -2.28. The Morgan fingerprint density at radius 2 is 1.84 bits per heavy atom. The Bertz CT molecular complexity index is 607. The van der Waals surface area contributed by atoms with Gasteiger partial charge in [0.15, 0.2) is 0 Å². The van der Waals surface area contributed by atoms with Crippen LogP contribution in [0, 0.1) is 10.1 Å². The second-order valence-corrected chi connectivity index (χ2v) is 4.66. The minimum Gasteiger partial charge on any atom is -0.285 e. The lowest BCUT2D eigenvalue weighted by atomic mass is 9.99. The van der Waals surface area contributed by atoms with Crippen LogP contribution < -0.4 is 4.73 Å². The summed E-state index contributed by atoms with van der Waals surface area (Å²) in [5, 5.41) is 20.4. The average Bonchev–Trinajstić information content (AvgIpc) is 2.38. The van der Waals surface area contributed by atoms with Gasteiger partial charge in [-0.3, -0.25) is 15.3 Å². The largest absolute Gasteiger partial charge is 0.289 e. The SMILES string of the molecule is CC(C)c1ccc(-c2c[n+](O)ccc2[N+](=O)[O-])cc1. The van der Waals surface area contributed by atoms with Crippen LogP contribution in [0.25, 0.3) is 11.1 Å². The van der Waals surface area contributed by atoms with Gasteiger partial charge in [-0.15, -0.1) is 0 Å². The van der Waals surface area contributed by atoms with Gasteiger partial charge in [0.25, 0.3) is 5.69 Å². The summed E-state index contributed by atoms with van der Waals surface area (Å²) in [6.07, 6.45) is 2.58. The number of nitro groups is 1. The molecule has 0 aliphatic carbocycles. The van der Waals surface area contributed by atoms with Gasteiger partial charge in [-0.05, 0) is 17.0 Å². The van der Waals surface area contributed by atoms with Gasteiger partial charge in [0.2, 0.25) is 12.4 Å². The van der Waals surface area contributed by atoms with Crippen molar-refractivity contribution in [1.82, 2.24) is 0 Å². The second kappa shape index (κ2) is 5.06. The van der Waals surface area contributed by atoms with Gasteiger partial charge in [0.1, 0.15) is 5.56 Å². The average molecular weight is 259 g/mol. The Kier molecular flexibility index (Phi) is 3.46. The molecule has 1 N–H and O–H groups in total. The maximum atomic E-state index is 11.0. The molecular formula is C14H15N2O3+. The Morgan fingerprint density at radius 1 is 1.21 bits per heavy atom. The number of hydrogen-bond acceptors (Lipinski definition) is 3. The van der Waals surface area contributed by atoms with E-state index in [0.717, 1.165) is 4.73 Å². The molecule has 0 saturated carbocycles. The van der Waals surface area contributed by atoms with Crippen LogP contribution >= 0.6 is 0 Å². The highest BCUT2D eigenvalue weighted by Crippen LogP contribution is 2.29. The smallest absolute Gasteiger partial charge is 0.285 e. The molecule has 1 aromatic heterocycles. The van der Waals surface area contributed by atoms with Crippen LogP contribution in [0.4, 0.5) is 5.69 Å². The topological polar surface area (TPSA) is 67.2 Å². The van der Waals surface area contributed by atoms with Gasteiger partial charge in [-0.2, -0.15) is 0 Å². The Balaban J connectivity index is 2.51. The predicted octanol–water partition coefficient (Wildman–Crippen LogP) is 2.91. The Morgan fingerprint density at radius 3 is 2.37 bits per heavy atom. The molecule has 1 heterocycles. The van der Waals surface area contributed by atoms with Crippen LogP contribution in [0.3, 0.4) is 0 Å². The molecule has 5 heteroatoms. The molecule has 0 bridgehead atoms. The molecule has 0 aliphatic heterocycles. The standard InChI is InChI=1S/C14H15N2O3/c1-10(2)11-3-5-12(6-4-11)13-9-15(17)8-7-14(13)16(18)19/h3-10,17H,1-2H3/q+1. The van der Waals surface area contributed by atoms with Gasteiger partial charge >= 0.3 is 0 Å². The third kappa shape index (κ3) is 2.70. The first-order chi connectivity index (χ1) is 8.99. The Hall–Kier alpha value is -2.43. The lowest BCUT2D eigenvalue weighted by Gasteiger charge is -2.06. The third-order valence-corrected chi connectivity index (χ3v) is 3.01. The van der Waals surface area contributed by atoms with E-state index in [1.165, 1.54) is 24.0 Å². The fourth-order valence-corrected chi connectivity index (χ4v) is 1.91. The molecule has 2 rings (SSSR count). The van der Waals surface area contributed by atoms with Crippen molar-refractivity contribution < 1.29 is 14.9 Å². The van der Waals surface area contributed by atoms with E-state index in [0.29, 0.717) is 17.0 Å². The monoisotopic (exact) mass is 259 g/mol. The van der Waals surface area contributed by atoms with Crippen molar-refractivity contribution in [3.05, 3.63) is 58.4 Å². The highest BCUT2D eigenvalue weighted by molar-refractivity contribution is 5.71. The number of hydrogen-bond donors (Lipinski definition) is 1. The first kappa shape index (κ1) is 13.0. The second-order valence-electron chi connectivity index (χ2n) is 4.66. The minimum absolute atomic E-state index is 0.0254. The van der Waals surface area contributed by atoms with E-state index in [1.54, 1.807) is 0 Å². The first-order valence-corrected chi connectivity index (χ1v) is 5.98. The molecule has 0 spiro atoms. The van der Waals surface area contributed by atoms with Crippen molar-refractivity contribution >= 4 is 5.69 Å². The van der Waals surface area contributed by atoms with Crippen molar-refractivity contribution in [2.75, 3.05) is 0 Å². The maximum Gasteiger partial charge on any atom is 0.289 e. The fraction of sp³-hybridized carbons (Fsp3) is 0.214. The molecule has 98 valence electrons. The van der Waals surface area contributed by atoms with Crippen molar-refractivity contribution in [3.63, 3.8) is 0 Å². The summed E-state index contributed by atoms with van der Waals surface area (Å²) in [7, 11) is 0. The summed E-state index contributed by atoms with van der Waals surface area (Å²) in [6, 6.07) is 8.83. The molecule has 0 fully saturated rings. The van der Waals surface area contributed by atoms with E-state index in [-0.39, 0.29) is 5.69 Å². The van der Waals surface area contributed by atoms with Crippen LogP contribution in [0.5, 0.6) is 0 Å². The van der Waals surface area contributed by atoms with Crippen LogP contribution in [0.1, 0.15) is 25.3 Å². The van der Waals surface area contributed by atoms with Gasteiger partial charge in [0, 0.05) is 4.73 Å². The number of rotatable bonds is 3. The zero-order valence-electron chi connectivity index (χ0n) is 10.8. The molecule has 5 nitrogen and oxygen atoms in total. The fourth-order valence-electron chi connectivity index (χ4n) is 1.91. The normalized spacial score (nSPS) is 10.7. The van der Waals surface area contributed by atoms with Gasteiger partial charge in [-0.25, -0.2) is 0 Å². The van der Waals surface area contributed by atoms with Crippen molar-refractivity contribution in [1.29, 1.82) is 0 Å². The molecule has 0 saturated heterocycles. The quantitative estimate of drug-likeness (QED) is 0.399. The molecule has 1 aromatic carbocycles. The predicted molar refractivity (Wildman–Crippen MR) is 70.0 cm³/mol. The summed E-state index contributed by atoms with van der Waals surface area (Å²) in [4.78, 5) is 10.5. The molecule has 0 radical (unpaired) electrons. The summed E-state index contributed by atoms with van der Waals surface area (Å²) in [5.41, 5.74) is 2.24. The van der Waals surface area contributed by atoms with E-state index in [9.17, 15) is 15.3 Å². The molecule has 2 aromatic rings. The highest BCUT2D eigenvalue weighted by atomic mass is 16.6. The van der Waals surface area contributed by atoms with Crippen LogP contribution in [0.15, 0.2) is 42.7 Å². The van der Waals surface area contributed by atoms with Crippen molar-refractivity contribution in [2.24, 2.45) is 0 Å². The van der Waals surface area contributed by atoms with Crippen LogP contribution in [0.2, 0.25) is 0 Å². The summed E-state index contributed by atoms with van der Waals surface area (Å²) >= 11 is 0. The van der Waals surface area contributed by atoms with Crippen molar-refractivity contribution in [3.8, 4) is 11.1 Å². The molecular weight excluding hydrogens is 244 g/mol. The molecule has 19 heavy (non-hydrogen) atoms. The van der Waals surface area contributed by atoms with E-state index >= 15 is 0 Å². The number of aromatic nitrogens is 1.